The maximum Gasteiger partial charge on any atom is 0.306 e. The summed E-state index contributed by atoms with van der Waals surface area (Å²) in [6, 6.07) is 6.15. The summed E-state index contributed by atoms with van der Waals surface area (Å²) < 4.78 is 12.3. The Hall–Kier alpha value is -0.870. The van der Waals surface area contributed by atoms with Gasteiger partial charge in [-0.05, 0) is 50.8 Å². The number of fused-ring (bicyclic) bond motifs is 1. The Bertz CT molecular complexity index is 491. The molecule has 0 aromatic heterocycles. The van der Waals surface area contributed by atoms with Crippen molar-refractivity contribution in [1.82, 2.24) is 0 Å². The zero-order valence-electron chi connectivity index (χ0n) is 12.2. The number of benzene rings is 1. The highest BCUT2D eigenvalue weighted by Crippen LogP contribution is 2.34. The van der Waals surface area contributed by atoms with E-state index in [1.807, 2.05) is 26.8 Å². The van der Waals surface area contributed by atoms with Crippen LogP contribution in [-0.2, 0) is 20.7 Å². The number of ether oxygens (including phenoxy) is 2. The summed E-state index contributed by atoms with van der Waals surface area (Å²) in [5, 5.41) is 0. The molecule has 0 saturated carbocycles. The lowest BCUT2D eigenvalue weighted by Crippen LogP contribution is -2.24. The van der Waals surface area contributed by atoms with Gasteiger partial charge in [-0.2, -0.15) is 0 Å². The van der Waals surface area contributed by atoms with Crippen molar-refractivity contribution in [1.29, 1.82) is 0 Å². The van der Waals surface area contributed by atoms with Gasteiger partial charge in [-0.25, -0.2) is 0 Å². The fourth-order valence-electron chi connectivity index (χ4n) is 2.41. The average Bonchev–Trinajstić information content (AvgIpc) is 2.35. The molecular weight excluding hydrogens is 320 g/mol. The molecule has 2 rings (SSSR count). The Morgan fingerprint density at radius 3 is 2.90 bits per heavy atom. The molecule has 0 amide bonds. The molecule has 1 heterocycles. The van der Waals surface area contributed by atoms with Gasteiger partial charge < -0.3 is 9.47 Å². The van der Waals surface area contributed by atoms with Gasteiger partial charge in [0.1, 0.15) is 5.60 Å². The number of esters is 1. The molecule has 1 atom stereocenters. The summed E-state index contributed by atoms with van der Waals surface area (Å²) in [5.74, 6) is -0.164. The standard InChI is InChI=1S/C16H21BrO3/c1-16(2,3)20-15(18)8-7-14-12-5-4-6-13(17)11(12)9-10-19-14/h4-6,14H,7-10H2,1-3H3/t14-/m0/s1. The quantitative estimate of drug-likeness (QED) is 0.774. The van der Waals surface area contributed by atoms with Gasteiger partial charge in [0.15, 0.2) is 0 Å². The monoisotopic (exact) mass is 340 g/mol. The minimum atomic E-state index is -0.425. The van der Waals surface area contributed by atoms with E-state index in [0.29, 0.717) is 19.4 Å². The van der Waals surface area contributed by atoms with E-state index in [1.165, 1.54) is 11.1 Å². The molecule has 110 valence electrons. The number of rotatable bonds is 3. The summed E-state index contributed by atoms with van der Waals surface area (Å²) in [5.41, 5.74) is 2.06. The molecule has 0 radical (unpaired) electrons. The highest BCUT2D eigenvalue weighted by atomic mass is 79.9. The number of carbonyl (C=O) groups is 1. The summed E-state index contributed by atoms with van der Waals surface area (Å²) in [6.07, 6.45) is 1.95. The number of hydrogen-bond acceptors (Lipinski definition) is 3. The van der Waals surface area contributed by atoms with Crippen LogP contribution >= 0.6 is 15.9 Å². The summed E-state index contributed by atoms with van der Waals surface area (Å²) in [4.78, 5) is 11.8. The Balaban J connectivity index is 1.99. The van der Waals surface area contributed by atoms with E-state index in [9.17, 15) is 4.79 Å². The molecule has 3 nitrogen and oxygen atoms in total. The first-order valence-electron chi connectivity index (χ1n) is 6.97. The second-order valence-electron chi connectivity index (χ2n) is 6.04. The van der Waals surface area contributed by atoms with Crippen molar-refractivity contribution in [3.8, 4) is 0 Å². The molecule has 0 N–H and O–H groups in total. The zero-order chi connectivity index (χ0) is 14.8. The van der Waals surface area contributed by atoms with Gasteiger partial charge in [-0.15, -0.1) is 0 Å². The van der Waals surface area contributed by atoms with Crippen molar-refractivity contribution in [3.05, 3.63) is 33.8 Å². The van der Waals surface area contributed by atoms with Crippen LogP contribution in [0.3, 0.4) is 0 Å². The van der Waals surface area contributed by atoms with Gasteiger partial charge in [-0.3, -0.25) is 4.79 Å². The third-order valence-electron chi connectivity index (χ3n) is 3.20. The predicted molar refractivity (Wildman–Crippen MR) is 81.6 cm³/mol. The largest absolute Gasteiger partial charge is 0.460 e. The fourth-order valence-corrected chi connectivity index (χ4v) is 2.99. The van der Waals surface area contributed by atoms with Gasteiger partial charge in [0, 0.05) is 10.9 Å². The fraction of sp³-hybridized carbons (Fsp3) is 0.562. The molecule has 0 spiro atoms. The minimum Gasteiger partial charge on any atom is -0.460 e. The van der Waals surface area contributed by atoms with Crippen LogP contribution in [0, 0.1) is 0 Å². The van der Waals surface area contributed by atoms with E-state index < -0.39 is 5.60 Å². The van der Waals surface area contributed by atoms with Crippen molar-refractivity contribution in [3.63, 3.8) is 0 Å². The van der Waals surface area contributed by atoms with Crippen molar-refractivity contribution >= 4 is 21.9 Å². The second kappa shape index (κ2) is 6.27. The van der Waals surface area contributed by atoms with Crippen LogP contribution in [0.2, 0.25) is 0 Å². The molecule has 0 fully saturated rings. The molecule has 0 aliphatic carbocycles. The van der Waals surface area contributed by atoms with Gasteiger partial charge in [0.2, 0.25) is 0 Å². The predicted octanol–water partition coefficient (Wildman–Crippen LogP) is 4.18. The zero-order valence-corrected chi connectivity index (χ0v) is 13.8. The molecule has 1 aliphatic rings. The van der Waals surface area contributed by atoms with Gasteiger partial charge >= 0.3 is 5.97 Å². The van der Waals surface area contributed by atoms with Crippen LogP contribution in [0.25, 0.3) is 0 Å². The lowest BCUT2D eigenvalue weighted by Gasteiger charge is -2.27. The lowest BCUT2D eigenvalue weighted by molar-refractivity contribution is -0.155. The van der Waals surface area contributed by atoms with E-state index in [1.54, 1.807) is 0 Å². The molecule has 1 aromatic carbocycles. The molecule has 0 bridgehead atoms. The van der Waals surface area contributed by atoms with Crippen LogP contribution in [0.15, 0.2) is 22.7 Å². The van der Waals surface area contributed by atoms with E-state index in [4.69, 9.17) is 9.47 Å². The van der Waals surface area contributed by atoms with Crippen LogP contribution in [-0.4, -0.2) is 18.2 Å². The summed E-state index contributed by atoms with van der Waals surface area (Å²) >= 11 is 3.58. The first-order chi connectivity index (χ1) is 9.37. The SMILES string of the molecule is CC(C)(C)OC(=O)CC[C@@H]1OCCc2c(Br)cccc21. The summed E-state index contributed by atoms with van der Waals surface area (Å²) in [6.45, 7) is 6.35. The normalized spacial score (nSPS) is 18.5. The third-order valence-corrected chi connectivity index (χ3v) is 3.95. The van der Waals surface area contributed by atoms with Crippen LogP contribution in [0.1, 0.15) is 50.8 Å². The van der Waals surface area contributed by atoms with Gasteiger partial charge in [0.25, 0.3) is 0 Å². The molecule has 1 aromatic rings. The smallest absolute Gasteiger partial charge is 0.306 e. The Labute approximate surface area is 128 Å². The molecule has 1 aliphatic heterocycles. The van der Waals surface area contributed by atoms with Crippen molar-refractivity contribution in [2.24, 2.45) is 0 Å². The van der Waals surface area contributed by atoms with E-state index in [2.05, 4.69) is 28.1 Å². The summed E-state index contributed by atoms with van der Waals surface area (Å²) in [7, 11) is 0. The average molecular weight is 341 g/mol. The molecule has 0 saturated heterocycles. The molecule has 4 heteroatoms. The molecular formula is C16H21BrO3. The Morgan fingerprint density at radius 2 is 2.20 bits per heavy atom. The van der Waals surface area contributed by atoms with Crippen LogP contribution in [0.4, 0.5) is 0 Å². The van der Waals surface area contributed by atoms with Crippen LogP contribution < -0.4 is 0 Å². The van der Waals surface area contributed by atoms with E-state index in [0.717, 1.165) is 10.9 Å². The van der Waals surface area contributed by atoms with Crippen molar-refractivity contribution in [2.75, 3.05) is 6.61 Å². The van der Waals surface area contributed by atoms with Crippen molar-refractivity contribution < 1.29 is 14.3 Å². The van der Waals surface area contributed by atoms with Gasteiger partial charge in [-0.1, -0.05) is 28.1 Å². The van der Waals surface area contributed by atoms with Crippen LogP contribution in [0.5, 0.6) is 0 Å². The highest BCUT2D eigenvalue weighted by molar-refractivity contribution is 9.10. The van der Waals surface area contributed by atoms with Crippen molar-refractivity contribution in [2.45, 2.75) is 51.7 Å². The minimum absolute atomic E-state index is 0.0104. The maximum absolute atomic E-state index is 11.8. The second-order valence-corrected chi connectivity index (χ2v) is 6.90. The molecule has 20 heavy (non-hydrogen) atoms. The Morgan fingerprint density at radius 1 is 1.45 bits per heavy atom. The Kier molecular flexibility index (Phi) is 4.86. The number of halogens is 1. The lowest BCUT2D eigenvalue weighted by atomic mass is 9.95. The number of carbonyl (C=O) groups excluding carboxylic acids is 1. The number of hydrogen-bond donors (Lipinski definition) is 0. The third kappa shape index (κ3) is 4.06. The topological polar surface area (TPSA) is 35.5 Å². The van der Waals surface area contributed by atoms with E-state index >= 15 is 0 Å². The first kappa shape index (κ1) is 15.5. The maximum atomic E-state index is 11.8. The van der Waals surface area contributed by atoms with Gasteiger partial charge in [0.05, 0.1) is 12.7 Å². The highest BCUT2D eigenvalue weighted by Gasteiger charge is 2.24. The molecule has 0 unspecified atom stereocenters. The van der Waals surface area contributed by atoms with E-state index in [-0.39, 0.29) is 12.1 Å². The first-order valence-corrected chi connectivity index (χ1v) is 7.77.